The second-order valence-corrected chi connectivity index (χ2v) is 7.30. The number of imide groups is 1. The van der Waals surface area contributed by atoms with Crippen LogP contribution in [0.4, 0.5) is 4.39 Å². The van der Waals surface area contributed by atoms with E-state index in [2.05, 4.69) is 0 Å². The number of ether oxygens (including phenoxy) is 2. The summed E-state index contributed by atoms with van der Waals surface area (Å²) in [5.41, 5.74) is 1.63. The first kappa shape index (κ1) is 17.6. The fraction of sp³-hybridized carbons (Fsp3) is 0.200. The topological polar surface area (TPSA) is 55.8 Å². The lowest BCUT2D eigenvalue weighted by molar-refractivity contribution is -0.137. The number of fused-ring (bicyclic) bond motifs is 1. The quantitative estimate of drug-likeness (QED) is 0.737. The molecular weight excluding hydrogens is 369 g/mol. The van der Waals surface area contributed by atoms with Crippen molar-refractivity contribution in [2.24, 2.45) is 0 Å². The molecular formula is C20H16FNO4S. The monoisotopic (exact) mass is 385 g/mol. The van der Waals surface area contributed by atoms with Crippen LogP contribution in [0.15, 0.2) is 47.4 Å². The Morgan fingerprint density at radius 1 is 1.04 bits per heavy atom. The van der Waals surface area contributed by atoms with Crippen molar-refractivity contribution in [3.05, 3.63) is 64.3 Å². The van der Waals surface area contributed by atoms with Gasteiger partial charge in [0.25, 0.3) is 11.8 Å². The number of benzene rings is 2. The lowest BCUT2D eigenvalue weighted by atomic mass is 10.1. The summed E-state index contributed by atoms with van der Waals surface area (Å²) in [4.78, 5) is 27.5. The number of nitrogens with zero attached hydrogens (tertiary/aromatic N) is 1. The zero-order valence-electron chi connectivity index (χ0n) is 14.5. The molecule has 0 bridgehead atoms. The molecule has 2 aromatic rings. The molecule has 0 atom stereocenters. The van der Waals surface area contributed by atoms with Gasteiger partial charge in [0.2, 0.25) is 6.79 Å². The molecule has 2 aliphatic heterocycles. The summed E-state index contributed by atoms with van der Waals surface area (Å²) in [6.07, 6.45) is 0. The summed E-state index contributed by atoms with van der Waals surface area (Å²) in [6.45, 7) is 2.21. The Morgan fingerprint density at radius 2 is 1.78 bits per heavy atom. The van der Waals surface area contributed by atoms with E-state index in [0.29, 0.717) is 33.3 Å². The van der Waals surface area contributed by atoms with E-state index < -0.39 is 5.82 Å². The van der Waals surface area contributed by atoms with Gasteiger partial charge in [0, 0.05) is 0 Å². The summed E-state index contributed by atoms with van der Waals surface area (Å²) in [5.74, 6) is 0.797. The molecule has 2 heterocycles. The Bertz CT molecular complexity index is 955. The van der Waals surface area contributed by atoms with Crippen molar-refractivity contribution in [1.29, 1.82) is 0 Å². The van der Waals surface area contributed by atoms with Gasteiger partial charge in [-0.1, -0.05) is 25.1 Å². The molecule has 2 amide bonds. The van der Waals surface area contributed by atoms with Gasteiger partial charge in [0.05, 0.1) is 17.0 Å². The minimum absolute atomic E-state index is 0.132. The van der Waals surface area contributed by atoms with Crippen molar-refractivity contribution in [2.75, 3.05) is 12.5 Å². The lowest BCUT2D eigenvalue weighted by Gasteiger charge is -2.15. The Morgan fingerprint density at radius 3 is 2.52 bits per heavy atom. The van der Waals surface area contributed by atoms with Gasteiger partial charge in [-0.15, -0.1) is 11.8 Å². The number of rotatable bonds is 5. The van der Waals surface area contributed by atoms with Gasteiger partial charge in [-0.05, 0) is 41.1 Å². The molecule has 0 aromatic heterocycles. The second-order valence-electron chi connectivity index (χ2n) is 6.03. The van der Waals surface area contributed by atoms with Gasteiger partial charge in [-0.3, -0.25) is 14.5 Å². The fourth-order valence-electron chi connectivity index (χ4n) is 3.07. The molecule has 0 unspecified atom stereocenters. The van der Waals surface area contributed by atoms with Crippen LogP contribution in [-0.4, -0.2) is 29.3 Å². The number of carbonyl (C=O) groups is 2. The average Bonchev–Trinajstić information content (AvgIpc) is 3.22. The van der Waals surface area contributed by atoms with Crippen LogP contribution in [0, 0.1) is 5.82 Å². The maximum Gasteiger partial charge on any atom is 0.268 e. The van der Waals surface area contributed by atoms with Gasteiger partial charge >= 0.3 is 0 Å². The third-order valence-corrected chi connectivity index (χ3v) is 5.28. The van der Waals surface area contributed by atoms with E-state index in [9.17, 15) is 14.0 Å². The SMILES string of the molecule is CCSC1=C(c2ccc(F)cc2)C(=O)N(Cc2ccc3c(c2)OCO3)C1=O. The maximum absolute atomic E-state index is 13.3. The molecule has 2 aromatic carbocycles. The molecule has 0 N–H and O–H groups in total. The Labute approximate surface area is 159 Å². The highest BCUT2D eigenvalue weighted by Gasteiger charge is 2.39. The predicted molar refractivity (Wildman–Crippen MR) is 99.6 cm³/mol. The molecule has 0 saturated heterocycles. The van der Waals surface area contributed by atoms with E-state index in [0.717, 1.165) is 5.56 Å². The molecule has 0 fully saturated rings. The van der Waals surface area contributed by atoms with Crippen LogP contribution in [0.5, 0.6) is 11.5 Å². The zero-order chi connectivity index (χ0) is 19.0. The maximum atomic E-state index is 13.3. The molecule has 2 aliphatic rings. The van der Waals surface area contributed by atoms with E-state index in [1.54, 1.807) is 18.2 Å². The molecule has 4 rings (SSSR count). The van der Waals surface area contributed by atoms with Gasteiger partial charge in [-0.25, -0.2) is 4.39 Å². The minimum atomic E-state index is -0.391. The van der Waals surface area contributed by atoms with Crippen LogP contribution in [0.3, 0.4) is 0 Å². The lowest BCUT2D eigenvalue weighted by Crippen LogP contribution is -2.30. The highest BCUT2D eigenvalue weighted by Crippen LogP contribution is 2.38. The van der Waals surface area contributed by atoms with Crippen molar-refractivity contribution < 1.29 is 23.5 Å². The van der Waals surface area contributed by atoms with Gasteiger partial charge in [0.15, 0.2) is 11.5 Å². The third-order valence-electron chi connectivity index (χ3n) is 4.32. The summed E-state index contributed by atoms with van der Waals surface area (Å²) in [6, 6.07) is 11.0. The van der Waals surface area contributed by atoms with Crippen LogP contribution in [-0.2, 0) is 16.1 Å². The van der Waals surface area contributed by atoms with Crippen molar-refractivity contribution in [3.63, 3.8) is 0 Å². The molecule has 0 aliphatic carbocycles. The smallest absolute Gasteiger partial charge is 0.268 e. The number of hydrogen-bond acceptors (Lipinski definition) is 5. The largest absolute Gasteiger partial charge is 0.454 e. The summed E-state index contributed by atoms with van der Waals surface area (Å²) >= 11 is 1.32. The molecule has 0 spiro atoms. The van der Waals surface area contributed by atoms with Crippen LogP contribution in [0.25, 0.3) is 5.57 Å². The number of amides is 2. The van der Waals surface area contributed by atoms with E-state index >= 15 is 0 Å². The number of halogens is 1. The Balaban J connectivity index is 1.65. The van der Waals surface area contributed by atoms with Crippen LogP contribution in [0.2, 0.25) is 0 Å². The average molecular weight is 385 g/mol. The highest BCUT2D eigenvalue weighted by atomic mass is 32.2. The predicted octanol–water partition coefficient (Wildman–Crippen LogP) is 3.59. The zero-order valence-corrected chi connectivity index (χ0v) is 15.3. The second kappa shape index (κ2) is 7.08. The minimum Gasteiger partial charge on any atom is -0.454 e. The first-order valence-electron chi connectivity index (χ1n) is 8.46. The van der Waals surface area contributed by atoms with Crippen LogP contribution >= 0.6 is 11.8 Å². The normalized spacial score (nSPS) is 15.9. The van der Waals surface area contributed by atoms with Crippen LogP contribution < -0.4 is 9.47 Å². The standard InChI is InChI=1S/C20H16FNO4S/c1-2-27-18-17(13-4-6-14(21)7-5-13)19(23)22(20(18)24)10-12-3-8-15-16(9-12)26-11-25-15/h3-9H,2,10-11H2,1H3. The molecule has 138 valence electrons. The van der Waals surface area contributed by atoms with E-state index in [4.69, 9.17) is 9.47 Å². The van der Waals surface area contributed by atoms with Crippen molar-refractivity contribution in [2.45, 2.75) is 13.5 Å². The number of carbonyl (C=O) groups excluding carboxylic acids is 2. The third kappa shape index (κ3) is 3.19. The van der Waals surface area contributed by atoms with E-state index in [1.807, 2.05) is 6.92 Å². The fourth-order valence-corrected chi connectivity index (χ4v) is 3.94. The van der Waals surface area contributed by atoms with Gasteiger partial charge in [-0.2, -0.15) is 0 Å². The van der Waals surface area contributed by atoms with Crippen molar-refractivity contribution in [1.82, 2.24) is 4.90 Å². The Hall–Kier alpha value is -2.80. The van der Waals surface area contributed by atoms with E-state index in [1.165, 1.54) is 40.9 Å². The molecule has 0 saturated carbocycles. The van der Waals surface area contributed by atoms with Crippen molar-refractivity contribution >= 4 is 29.1 Å². The van der Waals surface area contributed by atoms with Gasteiger partial charge in [0.1, 0.15) is 5.82 Å². The first-order chi connectivity index (χ1) is 13.1. The van der Waals surface area contributed by atoms with Crippen molar-refractivity contribution in [3.8, 4) is 11.5 Å². The molecule has 27 heavy (non-hydrogen) atoms. The first-order valence-corrected chi connectivity index (χ1v) is 9.44. The summed E-state index contributed by atoms with van der Waals surface area (Å²) < 4.78 is 23.9. The van der Waals surface area contributed by atoms with E-state index in [-0.39, 0.29) is 25.2 Å². The van der Waals surface area contributed by atoms with Gasteiger partial charge < -0.3 is 9.47 Å². The highest BCUT2D eigenvalue weighted by molar-refractivity contribution is 8.04. The molecule has 0 radical (unpaired) electrons. The summed E-state index contributed by atoms with van der Waals surface area (Å²) in [5, 5.41) is 0. The van der Waals surface area contributed by atoms with Crippen LogP contribution in [0.1, 0.15) is 18.1 Å². The number of thioether (sulfide) groups is 1. The Kier molecular flexibility index (Phi) is 4.61. The molecule has 7 heteroatoms. The number of hydrogen-bond donors (Lipinski definition) is 0. The molecule has 5 nitrogen and oxygen atoms in total. The summed E-state index contributed by atoms with van der Waals surface area (Å²) in [7, 11) is 0.